The van der Waals surface area contributed by atoms with E-state index in [1.807, 2.05) is 0 Å². The molecule has 2 aliphatic rings. The van der Waals surface area contributed by atoms with Gasteiger partial charge in [0.25, 0.3) is 11.8 Å². The molecule has 9 heteroatoms. The molecule has 0 bridgehead atoms. The number of rotatable bonds is 6. The van der Waals surface area contributed by atoms with E-state index in [-0.39, 0.29) is 36.0 Å². The zero-order valence-electron chi connectivity index (χ0n) is 17.6. The van der Waals surface area contributed by atoms with Crippen molar-refractivity contribution in [2.24, 2.45) is 5.92 Å². The molecule has 2 heterocycles. The average molecular weight is 434 g/mol. The second-order valence-corrected chi connectivity index (χ2v) is 8.04. The lowest BCUT2D eigenvalue weighted by atomic mass is 10.0. The van der Waals surface area contributed by atoms with Crippen LogP contribution in [0.5, 0.6) is 0 Å². The Morgan fingerprint density at radius 1 is 1.00 bits per heavy atom. The normalized spacial score (nSPS) is 16.5. The predicted molar refractivity (Wildman–Crippen MR) is 115 cm³/mol. The van der Waals surface area contributed by atoms with Gasteiger partial charge < -0.3 is 10.6 Å². The van der Waals surface area contributed by atoms with Gasteiger partial charge in [-0.3, -0.25) is 29.0 Å². The molecule has 9 nitrogen and oxygen atoms in total. The molecule has 0 spiro atoms. The SMILES string of the molecule is CC(C)C(C(=O)Nc1cccc(CN2C(=O)CNC2=O)c1)N1C(=O)c2ccccc2C1=O. The minimum Gasteiger partial charge on any atom is -0.329 e. The van der Waals surface area contributed by atoms with Gasteiger partial charge in [0.05, 0.1) is 24.2 Å². The summed E-state index contributed by atoms with van der Waals surface area (Å²) < 4.78 is 0. The predicted octanol–water partition coefficient (Wildman–Crippen LogP) is 2.00. The Morgan fingerprint density at radius 3 is 2.22 bits per heavy atom. The fourth-order valence-corrected chi connectivity index (χ4v) is 3.94. The zero-order chi connectivity index (χ0) is 23.0. The summed E-state index contributed by atoms with van der Waals surface area (Å²) >= 11 is 0. The molecule has 6 amide bonds. The fraction of sp³-hybridized carbons (Fsp3) is 0.261. The highest BCUT2D eigenvalue weighted by Gasteiger charge is 2.43. The van der Waals surface area contributed by atoms with Crippen molar-refractivity contribution in [1.29, 1.82) is 0 Å². The highest BCUT2D eigenvalue weighted by molar-refractivity contribution is 6.23. The van der Waals surface area contributed by atoms with Crippen molar-refractivity contribution in [3.05, 3.63) is 65.2 Å². The lowest BCUT2D eigenvalue weighted by molar-refractivity contribution is -0.125. The zero-order valence-corrected chi connectivity index (χ0v) is 17.6. The minimum atomic E-state index is -1.00. The van der Waals surface area contributed by atoms with Crippen LogP contribution in [0.25, 0.3) is 0 Å². The van der Waals surface area contributed by atoms with Crippen LogP contribution in [-0.4, -0.2) is 52.0 Å². The number of benzene rings is 2. The Hall–Kier alpha value is -4.01. The van der Waals surface area contributed by atoms with Crippen LogP contribution >= 0.6 is 0 Å². The van der Waals surface area contributed by atoms with Gasteiger partial charge in [-0.05, 0) is 35.7 Å². The molecule has 0 aromatic heterocycles. The summed E-state index contributed by atoms with van der Waals surface area (Å²) in [7, 11) is 0. The molecule has 2 aromatic carbocycles. The number of anilines is 1. The fourth-order valence-electron chi connectivity index (χ4n) is 3.94. The van der Waals surface area contributed by atoms with E-state index in [0.717, 1.165) is 9.80 Å². The first-order valence-electron chi connectivity index (χ1n) is 10.2. The van der Waals surface area contributed by atoms with Crippen molar-refractivity contribution >= 4 is 35.3 Å². The lowest BCUT2D eigenvalue weighted by Gasteiger charge is -2.28. The van der Waals surface area contributed by atoms with Gasteiger partial charge in [-0.1, -0.05) is 38.1 Å². The molecular weight excluding hydrogens is 412 g/mol. The number of amides is 6. The van der Waals surface area contributed by atoms with E-state index in [9.17, 15) is 24.0 Å². The van der Waals surface area contributed by atoms with Gasteiger partial charge in [-0.2, -0.15) is 0 Å². The van der Waals surface area contributed by atoms with Crippen LogP contribution in [0.3, 0.4) is 0 Å². The second kappa shape index (κ2) is 8.26. The van der Waals surface area contributed by atoms with E-state index < -0.39 is 29.8 Å². The van der Waals surface area contributed by atoms with Crippen LogP contribution in [0, 0.1) is 5.92 Å². The summed E-state index contributed by atoms with van der Waals surface area (Å²) in [6.07, 6.45) is 0. The van der Waals surface area contributed by atoms with Crippen LogP contribution in [0.2, 0.25) is 0 Å². The number of hydrogen-bond acceptors (Lipinski definition) is 5. The number of fused-ring (bicyclic) bond motifs is 1. The van der Waals surface area contributed by atoms with Gasteiger partial charge in [0.2, 0.25) is 11.8 Å². The first kappa shape index (κ1) is 21.2. The van der Waals surface area contributed by atoms with Crippen molar-refractivity contribution in [2.75, 3.05) is 11.9 Å². The molecule has 1 unspecified atom stereocenters. The summed E-state index contributed by atoms with van der Waals surface area (Å²) in [4.78, 5) is 64.6. The van der Waals surface area contributed by atoms with Crippen molar-refractivity contribution in [3.63, 3.8) is 0 Å². The summed E-state index contributed by atoms with van der Waals surface area (Å²) in [5.74, 6) is -2.14. The Balaban J connectivity index is 1.53. The third-order valence-corrected chi connectivity index (χ3v) is 5.48. The number of nitrogens with one attached hydrogen (secondary N) is 2. The topological polar surface area (TPSA) is 116 Å². The first-order chi connectivity index (χ1) is 15.3. The van der Waals surface area contributed by atoms with Crippen LogP contribution in [-0.2, 0) is 16.1 Å². The maximum Gasteiger partial charge on any atom is 0.324 e. The van der Waals surface area contributed by atoms with Crippen LogP contribution in [0.1, 0.15) is 40.1 Å². The van der Waals surface area contributed by atoms with Gasteiger partial charge in [-0.15, -0.1) is 0 Å². The minimum absolute atomic E-state index is 0.0361. The molecule has 4 rings (SSSR count). The van der Waals surface area contributed by atoms with E-state index in [1.165, 1.54) is 0 Å². The van der Waals surface area contributed by atoms with Crippen molar-refractivity contribution in [1.82, 2.24) is 15.1 Å². The molecule has 1 fully saturated rings. The number of urea groups is 1. The Kier molecular flexibility index (Phi) is 5.48. The standard InChI is InChI=1S/C23H22N4O5/c1-13(2)19(27-21(30)16-8-3-4-9-17(16)22(27)31)20(29)25-15-7-5-6-14(10-15)12-26-18(28)11-24-23(26)32/h3-10,13,19H,11-12H2,1-2H3,(H,24,32)(H,25,29). The molecule has 2 aliphatic heterocycles. The molecule has 2 N–H and O–H groups in total. The molecule has 1 atom stereocenters. The maximum absolute atomic E-state index is 13.2. The van der Waals surface area contributed by atoms with E-state index in [4.69, 9.17) is 0 Å². The molecule has 164 valence electrons. The number of imide groups is 2. The Labute approximate surface area is 184 Å². The number of carbonyl (C=O) groups excluding carboxylic acids is 5. The van der Waals surface area contributed by atoms with Crippen molar-refractivity contribution in [2.45, 2.75) is 26.4 Å². The van der Waals surface area contributed by atoms with Gasteiger partial charge in [0, 0.05) is 5.69 Å². The molecule has 2 aromatic rings. The Morgan fingerprint density at radius 2 is 1.66 bits per heavy atom. The smallest absolute Gasteiger partial charge is 0.324 e. The van der Waals surface area contributed by atoms with Crippen LogP contribution < -0.4 is 10.6 Å². The van der Waals surface area contributed by atoms with Gasteiger partial charge >= 0.3 is 6.03 Å². The summed E-state index contributed by atoms with van der Waals surface area (Å²) in [6, 6.07) is 11.8. The van der Waals surface area contributed by atoms with E-state index in [1.54, 1.807) is 62.4 Å². The third-order valence-electron chi connectivity index (χ3n) is 5.48. The van der Waals surface area contributed by atoms with Crippen molar-refractivity contribution in [3.8, 4) is 0 Å². The molecule has 32 heavy (non-hydrogen) atoms. The summed E-state index contributed by atoms with van der Waals surface area (Å²) in [5.41, 5.74) is 1.65. The monoisotopic (exact) mass is 434 g/mol. The summed E-state index contributed by atoms with van der Waals surface area (Å²) in [5, 5.41) is 5.23. The van der Waals surface area contributed by atoms with E-state index in [0.29, 0.717) is 11.3 Å². The average Bonchev–Trinajstić information content (AvgIpc) is 3.20. The van der Waals surface area contributed by atoms with Crippen LogP contribution in [0.15, 0.2) is 48.5 Å². The molecule has 0 saturated carbocycles. The largest absolute Gasteiger partial charge is 0.329 e. The Bertz CT molecular complexity index is 1090. The second-order valence-electron chi connectivity index (χ2n) is 8.04. The highest BCUT2D eigenvalue weighted by Crippen LogP contribution is 2.28. The van der Waals surface area contributed by atoms with Gasteiger partial charge in [-0.25, -0.2) is 4.79 Å². The van der Waals surface area contributed by atoms with Crippen molar-refractivity contribution < 1.29 is 24.0 Å². The number of carbonyl (C=O) groups is 5. The van der Waals surface area contributed by atoms with E-state index >= 15 is 0 Å². The molecule has 0 aliphatic carbocycles. The maximum atomic E-state index is 13.2. The first-order valence-corrected chi connectivity index (χ1v) is 10.2. The highest BCUT2D eigenvalue weighted by atomic mass is 16.2. The number of hydrogen-bond donors (Lipinski definition) is 2. The molecule has 0 radical (unpaired) electrons. The van der Waals surface area contributed by atoms with Gasteiger partial charge in [0.1, 0.15) is 6.04 Å². The third kappa shape index (κ3) is 3.73. The quantitative estimate of drug-likeness (QED) is 0.533. The van der Waals surface area contributed by atoms with E-state index in [2.05, 4.69) is 10.6 Å². The summed E-state index contributed by atoms with van der Waals surface area (Å²) in [6.45, 7) is 3.57. The van der Waals surface area contributed by atoms with Gasteiger partial charge in [0.15, 0.2) is 0 Å². The lowest BCUT2D eigenvalue weighted by Crippen LogP contribution is -2.50. The van der Waals surface area contributed by atoms with Crippen LogP contribution in [0.4, 0.5) is 10.5 Å². The molecule has 1 saturated heterocycles. The number of nitrogens with zero attached hydrogens (tertiary/aromatic N) is 2. The molecular formula is C23H22N4O5.